The molecule has 3 amide bonds. The summed E-state index contributed by atoms with van der Waals surface area (Å²) < 4.78 is 0. The minimum absolute atomic E-state index is 0.260. The highest BCUT2D eigenvalue weighted by atomic mass is 35.5. The Morgan fingerprint density at radius 2 is 1.89 bits per heavy atom. The Labute approximate surface area is 115 Å². The number of amides is 3. The van der Waals surface area contributed by atoms with Gasteiger partial charge in [0.2, 0.25) is 5.91 Å². The first-order valence-corrected chi connectivity index (χ1v) is 6.16. The van der Waals surface area contributed by atoms with Gasteiger partial charge in [-0.25, -0.2) is 9.69 Å². The molecule has 0 aromatic heterocycles. The van der Waals surface area contributed by atoms with Crippen molar-refractivity contribution in [2.75, 3.05) is 11.4 Å². The molecule has 1 aliphatic rings. The van der Waals surface area contributed by atoms with Crippen LogP contribution in [0.25, 0.3) is 0 Å². The zero-order valence-electron chi connectivity index (χ0n) is 9.96. The molecule has 6 heteroatoms. The topological polar surface area (TPSA) is 49.4 Å². The smallest absolute Gasteiger partial charge is 0.328 e. The number of nitrogens with one attached hydrogen (secondary N) is 1. The van der Waals surface area contributed by atoms with Crippen molar-refractivity contribution in [1.29, 1.82) is 0 Å². The van der Waals surface area contributed by atoms with Gasteiger partial charge in [0.05, 0.1) is 21.1 Å². The van der Waals surface area contributed by atoms with Gasteiger partial charge in [-0.15, -0.1) is 0 Å². The summed E-state index contributed by atoms with van der Waals surface area (Å²) in [5.74, 6) is -0.260. The lowest BCUT2D eigenvalue weighted by molar-refractivity contribution is -0.126. The van der Waals surface area contributed by atoms with E-state index >= 15 is 0 Å². The van der Waals surface area contributed by atoms with Crippen molar-refractivity contribution >= 4 is 40.8 Å². The number of carbonyl (C=O) groups is 2. The summed E-state index contributed by atoms with van der Waals surface area (Å²) in [6, 6.07) is 4.20. The van der Waals surface area contributed by atoms with Crippen LogP contribution >= 0.6 is 23.2 Å². The Morgan fingerprint density at radius 3 is 2.50 bits per heavy atom. The summed E-state index contributed by atoms with van der Waals surface area (Å²) in [7, 11) is 0. The maximum Gasteiger partial charge on any atom is 0.328 e. The Hall–Kier alpha value is -1.26. The zero-order valence-corrected chi connectivity index (χ0v) is 11.5. The Kier molecular flexibility index (Phi) is 3.25. The molecule has 96 valence electrons. The van der Waals surface area contributed by atoms with E-state index in [-0.39, 0.29) is 5.91 Å². The number of rotatable bonds is 1. The van der Waals surface area contributed by atoms with Gasteiger partial charge in [0.1, 0.15) is 0 Å². The van der Waals surface area contributed by atoms with E-state index in [2.05, 4.69) is 5.32 Å². The van der Waals surface area contributed by atoms with Crippen LogP contribution in [0.2, 0.25) is 10.0 Å². The molecule has 1 aromatic rings. The van der Waals surface area contributed by atoms with Gasteiger partial charge < -0.3 is 5.32 Å². The first-order valence-electron chi connectivity index (χ1n) is 5.40. The predicted molar refractivity (Wildman–Crippen MR) is 71.1 cm³/mol. The van der Waals surface area contributed by atoms with Crippen LogP contribution in [-0.2, 0) is 4.79 Å². The average Bonchev–Trinajstić information content (AvgIpc) is 2.30. The molecule has 0 atom stereocenters. The quantitative estimate of drug-likeness (QED) is 0.863. The van der Waals surface area contributed by atoms with Crippen molar-refractivity contribution in [3.63, 3.8) is 0 Å². The highest BCUT2D eigenvalue weighted by Gasteiger charge is 2.41. The van der Waals surface area contributed by atoms with E-state index in [0.717, 1.165) is 4.90 Å². The molecule has 1 heterocycles. The first-order chi connectivity index (χ1) is 8.33. The molecule has 0 radical (unpaired) electrons. The summed E-state index contributed by atoms with van der Waals surface area (Å²) in [6.07, 6.45) is 0. The number of benzene rings is 1. The van der Waals surface area contributed by atoms with Gasteiger partial charge in [-0.3, -0.25) is 4.79 Å². The van der Waals surface area contributed by atoms with Gasteiger partial charge in [-0.2, -0.15) is 0 Å². The zero-order chi connectivity index (χ0) is 13.5. The van der Waals surface area contributed by atoms with E-state index in [9.17, 15) is 9.59 Å². The maximum absolute atomic E-state index is 12.2. The first kappa shape index (κ1) is 13.2. The number of halogens is 2. The van der Waals surface area contributed by atoms with Gasteiger partial charge in [0, 0.05) is 6.54 Å². The Bertz CT molecular complexity index is 529. The van der Waals surface area contributed by atoms with Crippen molar-refractivity contribution in [2.45, 2.75) is 13.8 Å². The van der Waals surface area contributed by atoms with Gasteiger partial charge in [0.25, 0.3) is 0 Å². The fraction of sp³-hybridized carbons (Fsp3) is 0.333. The van der Waals surface area contributed by atoms with Crippen LogP contribution in [0.15, 0.2) is 18.2 Å². The van der Waals surface area contributed by atoms with Crippen molar-refractivity contribution in [3.8, 4) is 0 Å². The third-order valence-electron chi connectivity index (χ3n) is 2.83. The second kappa shape index (κ2) is 4.44. The van der Waals surface area contributed by atoms with Crippen LogP contribution in [0.1, 0.15) is 13.8 Å². The Balaban J connectivity index is 2.44. The minimum atomic E-state index is -0.639. The lowest BCUT2D eigenvalue weighted by atomic mass is 9.89. The van der Waals surface area contributed by atoms with Crippen LogP contribution in [0, 0.1) is 5.41 Å². The maximum atomic E-state index is 12.2. The number of nitrogens with zero attached hydrogens (tertiary/aromatic N) is 1. The van der Waals surface area contributed by atoms with Crippen LogP contribution in [0.3, 0.4) is 0 Å². The predicted octanol–water partition coefficient (Wildman–Crippen LogP) is 3.08. The molecule has 1 N–H and O–H groups in total. The molecular formula is C12H12Cl2N2O2. The van der Waals surface area contributed by atoms with Crippen LogP contribution in [0.4, 0.5) is 10.5 Å². The summed E-state index contributed by atoms with van der Waals surface area (Å²) in [4.78, 5) is 25.1. The third kappa shape index (κ3) is 2.18. The van der Waals surface area contributed by atoms with E-state index in [1.807, 2.05) is 0 Å². The summed E-state index contributed by atoms with van der Waals surface area (Å²) in [5.41, 5.74) is -0.223. The molecule has 4 nitrogen and oxygen atoms in total. The molecule has 18 heavy (non-hydrogen) atoms. The van der Waals surface area contributed by atoms with Crippen molar-refractivity contribution in [1.82, 2.24) is 5.32 Å². The normalized spacial score (nSPS) is 18.8. The number of carbonyl (C=O) groups excluding carboxylic acids is 2. The molecule has 1 saturated heterocycles. The van der Waals surface area contributed by atoms with E-state index < -0.39 is 11.4 Å². The summed E-state index contributed by atoms with van der Waals surface area (Å²) in [5, 5.41) is 3.36. The van der Waals surface area contributed by atoms with Crippen LogP contribution in [0.5, 0.6) is 0 Å². The molecule has 0 unspecified atom stereocenters. The van der Waals surface area contributed by atoms with Crippen molar-refractivity contribution in [2.24, 2.45) is 5.41 Å². The minimum Gasteiger partial charge on any atom is -0.336 e. The van der Waals surface area contributed by atoms with E-state index in [1.54, 1.807) is 26.0 Å². The standard InChI is InChI=1S/C12H12Cl2N2O2/c1-12(2)6-15-11(18)16(10(12)17)7-3-4-8(13)9(14)5-7/h3-5H,6H2,1-2H3,(H,15,18). The number of imide groups is 1. The molecule has 0 aliphatic carbocycles. The second-order valence-electron chi connectivity index (χ2n) is 4.78. The number of anilines is 1. The van der Waals surface area contributed by atoms with Gasteiger partial charge >= 0.3 is 6.03 Å². The molecule has 0 saturated carbocycles. The monoisotopic (exact) mass is 286 g/mol. The number of urea groups is 1. The Morgan fingerprint density at radius 1 is 1.22 bits per heavy atom. The second-order valence-corrected chi connectivity index (χ2v) is 5.60. The fourth-order valence-corrected chi connectivity index (χ4v) is 2.00. The molecule has 0 bridgehead atoms. The lowest BCUT2D eigenvalue weighted by Gasteiger charge is -2.36. The summed E-state index contributed by atoms with van der Waals surface area (Å²) in [6.45, 7) is 3.88. The SMILES string of the molecule is CC1(C)CNC(=O)N(c2ccc(Cl)c(Cl)c2)C1=O. The largest absolute Gasteiger partial charge is 0.336 e. The van der Waals surface area contributed by atoms with E-state index in [0.29, 0.717) is 22.3 Å². The van der Waals surface area contributed by atoms with Crippen molar-refractivity contribution in [3.05, 3.63) is 28.2 Å². The molecule has 1 aromatic carbocycles. The van der Waals surface area contributed by atoms with Crippen molar-refractivity contribution < 1.29 is 9.59 Å². The average molecular weight is 287 g/mol. The lowest BCUT2D eigenvalue weighted by Crippen LogP contribution is -2.59. The highest BCUT2D eigenvalue weighted by Crippen LogP contribution is 2.31. The molecular weight excluding hydrogens is 275 g/mol. The number of hydrogen-bond donors (Lipinski definition) is 1. The van der Waals surface area contributed by atoms with Crippen LogP contribution < -0.4 is 10.2 Å². The van der Waals surface area contributed by atoms with E-state index in [1.165, 1.54) is 6.07 Å². The summed E-state index contributed by atoms with van der Waals surface area (Å²) >= 11 is 11.7. The third-order valence-corrected chi connectivity index (χ3v) is 3.57. The molecule has 2 rings (SSSR count). The van der Waals surface area contributed by atoms with Crippen LogP contribution in [-0.4, -0.2) is 18.5 Å². The fourth-order valence-electron chi connectivity index (χ4n) is 1.70. The molecule has 1 aliphatic heterocycles. The van der Waals surface area contributed by atoms with Gasteiger partial charge in [0.15, 0.2) is 0 Å². The highest BCUT2D eigenvalue weighted by molar-refractivity contribution is 6.42. The molecule has 0 spiro atoms. The molecule has 1 fully saturated rings. The number of hydrogen-bond acceptors (Lipinski definition) is 2. The van der Waals surface area contributed by atoms with Gasteiger partial charge in [-0.05, 0) is 32.0 Å². The van der Waals surface area contributed by atoms with Gasteiger partial charge in [-0.1, -0.05) is 23.2 Å². The van der Waals surface area contributed by atoms with E-state index in [4.69, 9.17) is 23.2 Å².